The van der Waals surface area contributed by atoms with Crippen LogP contribution < -0.4 is 15.8 Å². The van der Waals surface area contributed by atoms with Crippen LogP contribution in [0.15, 0.2) is 24.0 Å². The van der Waals surface area contributed by atoms with Crippen LogP contribution in [-0.2, 0) is 11.0 Å². The number of carbonyl (C=O) groups excluding carboxylic acids is 1. The highest BCUT2D eigenvalue weighted by Gasteiger charge is 2.50. The minimum absolute atomic E-state index is 0.138. The van der Waals surface area contributed by atoms with Crippen LogP contribution in [0.4, 0.5) is 19.1 Å². The lowest BCUT2D eigenvalue weighted by atomic mass is 9.49. The fraction of sp³-hybridized carbons (Fsp3) is 0.667. The van der Waals surface area contributed by atoms with E-state index in [1.54, 1.807) is 6.92 Å². The van der Waals surface area contributed by atoms with E-state index in [0.717, 1.165) is 30.0 Å². The van der Waals surface area contributed by atoms with Crippen LogP contribution >= 0.6 is 0 Å². The summed E-state index contributed by atoms with van der Waals surface area (Å²) in [5, 5.41) is 4.42. The third kappa shape index (κ3) is 3.57. The van der Waals surface area contributed by atoms with Gasteiger partial charge in [-0.05, 0) is 74.7 Å². The van der Waals surface area contributed by atoms with Gasteiger partial charge in [0, 0.05) is 18.9 Å². The molecule has 1 aromatic rings. The van der Waals surface area contributed by atoms with E-state index in [0.29, 0.717) is 12.1 Å². The first-order valence-electron chi connectivity index (χ1n) is 10.7. The number of rotatable bonds is 4. The molecule has 0 radical (unpaired) electrons. The van der Waals surface area contributed by atoms with Crippen LogP contribution in [0.25, 0.3) is 0 Å². The molecule has 4 saturated carbocycles. The van der Waals surface area contributed by atoms with Crippen molar-refractivity contribution >= 4 is 11.9 Å². The Morgan fingerprint density at radius 3 is 2.47 bits per heavy atom. The molecule has 0 aromatic carbocycles. The minimum atomic E-state index is -4.55. The van der Waals surface area contributed by atoms with Crippen molar-refractivity contribution in [3.05, 3.63) is 29.7 Å². The summed E-state index contributed by atoms with van der Waals surface area (Å²) in [5.74, 6) is 2.12. The van der Waals surface area contributed by atoms with Crippen molar-refractivity contribution in [3.8, 4) is 0 Å². The molecular formula is C21H26F3N5O. The molecule has 6 nitrogen and oxygen atoms in total. The largest absolute Gasteiger partial charge is 0.433 e. The summed E-state index contributed by atoms with van der Waals surface area (Å²) in [5.41, 5.74) is 2.64. The van der Waals surface area contributed by atoms with Crippen molar-refractivity contribution in [1.29, 1.82) is 0 Å². The fourth-order valence-electron chi connectivity index (χ4n) is 6.44. The molecule has 2 heterocycles. The van der Waals surface area contributed by atoms with Gasteiger partial charge in [-0.15, -0.1) is 0 Å². The van der Waals surface area contributed by atoms with Crippen molar-refractivity contribution in [2.24, 2.45) is 23.2 Å². The van der Waals surface area contributed by atoms with Gasteiger partial charge in [-0.2, -0.15) is 13.2 Å². The minimum Gasteiger partial charge on any atom is -0.352 e. The third-order valence-corrected chi connectivity index (χ3v) is 7.27. The van der Waals surface area contributed by atoms with E-state index < -0.39 is 11.9 Å². The Kier molecular flexibility index (Phi) is 4.57. The number of carbonyl (C=O) groups is 1. The van der Waals surface area contributed by atoms with E-state index in [1.807, 2.05) is 0 Å². The number of alkyl halides is 3. The van der Waals surface area contributed by atoms with Gasteiger partial charge in [0.15, 0.2) is 0 Å². The van der Waals surface area contributed by atoms with Crippen molar-refractivity contribution in [1.82, 2.24) is 20.7 Å². The van der Waals surface area contributed by atoms with Crippen LogP contribution in [0.5, 0.6) is 0 Å². The molecule has 5 aliphatic rings. The van der Waals surface area contributed by atoms with Crippen molar-refractivity contribution in [2.45, 2.75) is 57.7 Å². The maximum absolute atomic E-state index is 12.9. The van der Waals surface area contributed by atoms with Gasteiger partial charge < -0.3 is 5.32 Å². The van der Waals surface area contributed by atoms with Crippen LogP contribution in [0.1, 0.15) is 51.1 Å². The van der Waals surface area contributed by atoms with Crippen molar-refractivity contribution in [2.75, 3.05) is 11.6 Å². The van der Waals surface area contributed by atoms with E-state index in [4.69, 9.17) is 0 Å². The highest BCUT2D eigenvalue weighted by molar-refractivity contribution is 5.95. The maximum Gasteiger partial charge on any atom is 0.433 e. The summed E-state index contributed by atoms with van der Waals surface area (Å²) in [6.07, 6.45) is 5.68. The molecule has 6 rings (SSSR count). The fourth-order valence-corrected chi connectivity index (χ4v) is 6.44. The highest BCUT2D eigenvalue weighted by Crippen LogP contribution is 2.59. The summed E-state index contributed by atoms with van der Waals surface area (Å²) >= 11 is 0. The highest BCUT2D eigenvalue weighted by atomic mass is 19.4. The zero-order valence-electron chi connectivity index (χ0n) is 16.9. The Bertz CT molecular complexity index is 848. The smallest absolute Gasteiger partial charge is 0.352 e. The Balaban J connectivity index is 1.27. The number of anilines is 1. The molecule has 162 valence electrons. The third-order valence-electron chi connectivity index (χ3n) is 7.27. The zero-order valence-corrected chi connectivity index (χ0v) is 16.9. The van der Waals surface area contributed by atoms with E-state index >= 15 is 0 Å². The Morgan fingerprint density at radius 2 is 1.87 bits per heavy atom. The monoisotopic (exact) mass is 421 g/mol. The first-order valence-corrected chi connectivity index (χ1v) is 10.7. The van der Waals surface area contributed by atoms with Crippen molar-refractivity contribution < 1.29 is 18.0 Å². The number of aromatic nitrogens is 2. The molecule has 1 atom stereocenters. The molecule has 1 unspecified atom stereocenters. The number of hydrogen-bond donors (Lipinski definition) is 2. The van der Waals surface area contributed by atoms with E-state index in [1.165, 1.54) is 49.7 Å². The summed E-state index contributed by atoms with van der Waals surface area (Å²) in [6, 6.07) is 0.478. The van der Waals surface area contributed by atoms with Crippen molar-refractivity contribution in [3.63, 3.8) is 0 Å². The molecule has 30 heavy (non-hydrogen) atoms. The Morgan fingerprint density at radius 1 is 1.23 bits per heavy atom. The summed E-state index contributed by atoms with van der Waals surface area (Å²) in [6.45, 7) is 2.48. The van der Waals surface area contributed by atoms with Crippen LogP contribution in [0, 0.1) is 23.2 Å². The molecule has 1 aliphatic heterocycles. The first kappa shape index (κ1) is 19.8. The lowest BCUT2D eigenvalue weighted by Gasteiger charge is -2.56. The Hall–Kier alpha value is -2.16. The number of halogens is 3. The molecule has 4 aliphatic carbocycles. The lowest BCUT2D eigenvalue weighted by Crippen LogP contribution is -2.51. The van der Waals surface area contributed by atoms with Gasteiger partial charge in [0.1, 0.15) is 5.69 Å². The second-order valence-electron chi connectivity index (χ2n) is 9.65. The predicted molar refractivity (Wildman–Crippen MR) is 104 cm³/mol. The summed E-state index contributed by atoms with van der Waals surface area (Å²) in [7, 11) is 0. The first-order chi connectivity index (χ1) is 14.2. The normalized spacial score (nSPS) is 34.9. The second-order valence-corrected chi connectivity index (χ2v) is 9.65. The van der Waals surface area contributed by atoms with Gasteiger partial charge in [0.05, 0.1) is 11.6 Å². The van der Waals surface area contributed by atoms with Gasteiger partial charge in [-0.25, -0.2) is 20.4 Å². The average molecular weight is 421 g/mol. The zero-order chi connectivity index (χ0) is 21.1. The molecule has 2 N–H and O–H groups in total. The van der Waals surface area contributed by atoms with E-state index in [9.17, 15) is 18.0 Å². The van der Waals surface area contributed by atoms with E-state index in [-0.39, 0.29) is 23.3 Å². The molecule has 9 heteroatoms. The van der Waals surface area contributed by atoms with Gasteiger partial charge in [-0.3, -0.25) is 4.79 Å². The van der Waals surface area contributed by atoms with Crippen LogP contribution in [-0.4, -0.2) is 28.5 Å². The molecular weight excluding hydrogens is 395 g/mol. The average Bonchev–Trinajstić information content (AvgIpc) is 3.06. The molecule has 0 spiro atoms. The SMILES string of the molecule is CC1NN(c2nccc(C(F)(F)F)n2)C=C1C(=O)NCC12CC3CC(CC(C3)C1)C2. The lowest BCUT2D eigenvalue weighted by molar-refractivity contribution is -0.141. The van der Waals surface area contributed by atoms with Gasteiger partial charge >= 0.3 is 6.18 Å². The number of amides is 1. The van der Waals surface area contributed by atoms with Gasteiger partial charge in [-0.1, -0.05) is 0 Å². The van der Waals surface area contributed by atoms with Crippen LogP contribution in [0.3, 0.4) is 0 Å². The standard InChI is InChI=1S/C21H26F3N5O/c1-12-16(10-29(28-12)19-25-3-2-17(27-19)21(22,23)24)18(30)26-11-20-7-13-4-14(8-20)6-15(5-13)9-20/h2-3,10,12-15,28H,4-9,11H2,1H3,(H,26,30). The molecule has 4 fully saturated rings. The molecule has 1 amide bonds. The second kappa shape index (κ2) is 6.93. The summed E-state index contributed by atoms with van der Waals surface area (Å²) in [4.78, 5) is 20.4. The van der Waals surface area contributed by atoms with E-state index in [2.05, 4.69) is 20.7 Å². The quantitative estimate of drug-likeness (QED) is 0.780. The summed E-state index contributed by atoms with van der Waals surface area (Å²) < 4.78 is 38.8. The molecule has 1 aromatic heterocycles. The van der Waals surface area contributed by atoms with Gasteiger partial charge in [0.2, 0.25) is 11.9 Å². The number of nitrogens with zero attached hydrogens (tertiary/aromatic N) is 3. The topological polar surface area (TPSA) is 70.1 Å². The number of hydrogen-bond acceptors (Lipinski definition) is 5. The number of hydrazine groups is 1. The van der Waals surface area contributed by atoms with Gasteiger partial charge in [0.25, 0.3) is 0 Å². The predicted octanol–water partition coefficient (Wildman–Crippen LogP) is 3.43. The Labute approximate surface area is 173 Å². The molecule has 4 bridgehead atoms. The number of nitrogens with one attached hydrogen (secondary N) is 2. The maximum atomic E-state index is 12.9. The molecule has 0 saturated heterocycles. The van der Waals surface area contributed by atoms with Crippen LogP contribution in [0.2, 0.25) is 0 Å².